The number of rotatable bonds is 10. The number of nitrogens with zero attached hydrogens (tertiary/aromatic N) is 2. The summed E-state index contributed by atoms with van der Waals surface area (Å²) < 4.78 is 5.14. The monoisotopic (exact) mass is 587 g/mol. The number of methoxy groups -OCH3 is 1. The van der Waals surface area contributed by atoms with Gasteiger partial charge in [0.15, 0.2) is 12.2 Å². The van der Waals surface area contributed by atoms with Gasteiger partial charge in [-0.25, -0.2) is 4.98 Å². The second kappa shape index (κ2) is 19.8. The zero-order valence-corrected chi connectivity index (χ0v) is 25.9. The van der Waals surface area contributed by atoms with E-state index in [4.69, 9.17) is 16.3 Å². The maximum Gasteiger partial charge on any atom is 0.254 e. The fraction of sp³-hybridized carbons (Fsp3) is 0.469. The third-order valence-electron chi connectivity index (χ3n) is 6.22. The predicted molar refractivity (Wildman–Crippen MR) is 166 cm³/mol. The number of benzene rings is 1. The molecule has 2 heterocycles. The van der Waals surface area contributed by atoms with Gasteiger partial charge in [0, 0.05) is 29.8 Å². The van der Waals surface area contributed by atoms with Crippen molar-refractivity contribution in [2.75, 3.05) is 20.2 Å². The van der Waals surface area contributed by atoms with Crippen LogP contribution in [0.4, 0.5) is 0 Å². The van der Waals surface area contributed by atoms with Gasteiger partial charge in [-0.3, -0.25) is 9.59 Å². The molecule has 1 fully saturated rings. The summed E-state index contributed by atoms with van der Waals surface area (Å²) in [5, 5.41) is 23.8. The second-order valence-corrected chi connectivity index (χ2v) is 9.63. The lowest BCUT2D eigenvalue weighted by Gasteiger charge is -2.24. The Morgan fingerprint density at radius 3 is 2.27 bits per heavy atom. The molecule has 8 nitrogen and oxygen atoms in total. The van der Waals surface area contributed by atoms with Crippen LogP contribution in [0.15, 0.2) is 65.7 Å². The largest absolute Gasteiger partial charge is 0.481 e. The number of ether oxygens (including phenoxy) is 1. The van der Waals surface area contributed by atoms with E-state index in [2.05, 4.69) is 23.3 Å². The standard InChI is InChI=1S/C22H27N3O5.C8H13Cl.C2H6/c1-14(23-21(28)19(26)20(27)22(29)25-12-3-4-13-25)15-8-10-16(11-9-15)17-6-5-7-18(24-17)30-2;1-3-5-6-7-8(9)4-2;1-2/h5-11,14,19-20,26-27H,3-4,12-13H2,1-2H3,(H,23,28);5-7H,3-4H2,1-2H3;1-2H3/b;6-5-,8-7+;. The van der Waals surface area contributed by atoms with E-state index in [1.165, 1.54) is 4.90 Å². The molecule has 1 aromatic carbocycles. The van der Waals surface area contributed by atoms with Crippen molar-refractivity contribution in [2.24, 2.45) is 0 Å². The summed E-state index contributed by atoms with van der Waals surface area (Å²) in [4.78, 5) is 30.4. The smallest absolute Gasteiger partial charge is 0.254 e. The highest BCUT2D eigenvalue weighted by atomic mass is 35.5. The number of carbonyl (C=O) groups excluding carboxylic acids is 2. The normalized spacial score (nSPS) is 15.1. The van der Waals surface area contributed by atoms with Gasteiger partial charge in [-0.1, -0.05) is 81.8 Å². The van der Waals surface area contributed by atoms with Crippen molar-refractivity contribution in [3.8, 4) is 17.1 Å². The van der Waals surface area contributed by atoms with E-state index in [1.807, 2.05) is 69.3 Å². The molecule has 1 aliphatic rings. The quantitative estimate of drug-likeness (QED) is 0.303. The minimum atomic E-state index is -1.82. The van der Waals surface area contributed by atoms with Crippen molar-refractivity contribution in [1.29, 1.82) is 0 Å². The fourth-order valence-corrected chi connectivity index (χ4v) is 3.92. The molecule has 1 aliphatic heterocycles. The summed E-state index contributed by atoms with van der Waals surface area (Å²) >= 11 is 5.71. The Kier molecular flexibility index (Phi) is 17.3. The van der Waals surface area contributed by atoms with Crippen LogP contribution in [0, 0.1) is 0 Å². The Balaban J connectivity index is 0.000000653. The summed E-state index contributed by atoms with van der Waals surface area (Å²) in [6.45, 7) is 11.0. The highest BCUT2D eigenvalue weighted by Gasteiger charge is 2.34. The minimum absolute atomic E-state index is 0.423. The Bertz CT molecular complexity index is 1110. The molecule has 41 heavy (non-hydrogen) atoms. The molecule has 3 rings (SSSR count). The highest BCUT2D eigenvalue weighted by Crippen LogP contribution is 2.22. The van der Waals surface area contributed by atoms with Gasteiger partial charge in [0.1, 0.15) is 0 Å². The third kappa shape index (κ3) is 12.1. The van der Waals surface area contributed by atoms with Crippen LogP contribution in [0.1, 0.15) is 71.9 Å². The molecule has 0 spiro atoms. The molecule has 1 aromatic heterocycles. The summed E-state index contributed by atoms with van der Waals surface area (Å²) in [5.74, 6) is -0.882. The number of carbonyl (C=O) groups is 2. The van der Waals surface area contributed by atoms with Crippen LogP contribution >= 0.6 is 11.6 Å². The lowest BCUT2D eigenvalue weighted by Crippen LogP contribution is -2.50. The van der Waals surface area contributed by atoms with Gasteiger partial charge >= 0.3 is 0 Å². The molecular weight excluding hydrogens is 542 g/mol. The first-order chi connectivity index (χ1) is 19.7. The van der Waals surface area contributed by atoms with Crippen LogP contribution in [-0.4, -0.2) is 64.3 Å². The summed E-state index contributed by atoms with van der Waals surface area (Å²) in [6.07, 6.45) is 6.14. The number of aliphatic hydroxyl groups is 2. The van der Waals surface area contributed by atoms with E-state index >= 15 is 0 Å². The molecule has 2 aromatic rings. The molecule has 1 saturated heterocycles. The van der Waals surface area contributed by atoms with Crippen molar-refractivity contribution in [2.45, 2.75) is 78.6 Å². The number of halogens is 1. The van der Waals surface area contributed by atoms with Gasteiger partial charge in [0.2, 0.25) is 5.88 Å². The first-order valence-corrected chi connectivity index (χ1v) is 14.7. The SMILES string of the molecule is CC.CC/C=C\C=C(\Cl)CC.COc1cccc(-c2ccc(C(C)NC(=O)C(O)C(O)C(=O)N3CCCC3)cc2)n1. The molecule has 3 unspecified atom stereocenters. The zero-order valence-electron chi connectivity index (χ0n) is 25.1. The van der Waals surface area contributed by atoms with Crippen molar-refractivity contribution >= 4 is 23.4 Å². The van der Waals surface area contributed by atoms with Crippen LogP contribution in [0.5, 0.6) is 5.88 Å². The molecule has 226 valence electrons. The number of aliphatic hydroxyl groups excluding tert-OH is 2. The van der Waals surface area contributed by atoms with Crippen LogP contribution in [0.2, 0.25) is 0 Å². The lowest BCUT2D eigenvalue weighted by atomic mass is 10.0. The molecule has 0 bridgehead atoms. The van der Waals surface area contributed by atoms with E-state index < -0.39 is 30.1 Å². The van der Waals surface area contributed by atoms with Gasteiger partial charge in [-0.15, -0.1) is 0 Å². The van der Waals surface area contributed by atoms with Crippen LogP contribution < -0.4 is 10.1 Å². The van der Waals surface area contributed by atoms with Crippen molar-refractivity contribution in [3.05, 3.63) is 71.3 Å². The molecule has 9 heteroatoms. The number of amides is 2. The van der Waals surface area contributed by atoms with E-state index in [1.54, 1.807) is 20.1 Å². The van der Waals surface area contributed by atoms with Crippen LogP contribution in [0.3, 0.4) is 0 Å². The summed E-state index contributed by atoms with van der Waals surface area (Å²) in [7, 11) is 1.56. The van der Waals surface area contributed by atoms with Crippen molar-refractivity contribution in [3.63, 3.8) is 0 Å². The first-order valence-electron chi connectivity index (χ1n) is 14.3. The molecule has 3 atom stereocenters. The van der Waals surface area contributed by atoms with E-state index in [9.17, 15) is 19.8 Å². The zero-order chi connectivity index (χ0) is 30.8. The molecule has 2 amide bonds. The predicted octanol–water partition coefficient (Wildman–Crippen LogP) is 5.79. The van der Waals surface area contributed by atoms with E-state index in [0.717, 1.165) is 47.5 Å². The van der Waals surface area contributed by atoms with E-state index in [0.29, 0.717) is 19.0 Å². The third-order valence-corrected chi connectivity index (χ3v) is 6.62. The summed E-state index contributed by atoms with van der Waals surface area (Å²) in [5.41, 5.74) is 2.46. The molecule has 0 saturated carbocycles. The second-order valence-electron chi connectivity index (χ2n) is 9.14. The number of pyridine rings is 1. The average Bonchev–Trinajstić information content (AvgIpc) is 3.56. The molecular formula is C32H46ClN3O5. The molecule has 0 radical (unpaired) electrons. The highest BCUT2D eigenvalue weighted by molar-refractivity contribution is 6.29. The van der Waals surface area contributed by atoms with Gasteiger partial charge in [0.05, 0.1) is 18.8 Å². The number of allylic oxidation sites excluding steroid dienone is 4. The van der Waals surface area contributed by atoms with Gasteiger partial charge in [0.25, 0.3) is 11.8 Å². The number of hydrogen-bond acceptors (Lipinski definition) is 6. The lowest BCUT2D eigenvalue weighted by molar-refractivity contribution is -0.152. The van der Waals surface area contributed by atoms with Gasteiger partial charge in [-0.2, -0.15) is 0 Å². The topological polar surface area (TPSA) is 112 Å². The van der Waals surface area contributed by atoms with Crippen LogP contribution in [0.25, 0.3) is 11.3 Å². The number of hydrogen-bond donors (Lipinski definition) is 3. The van der Waals surface area contributed by atoms with Crippen molar-refractivity contribution in [1.82, 2.24) is 15.2 Å². The van der Waals surface area contributed by atoms with Gasteiger partial charge in [-0.05, 0) is 50.3 Å². The maximum atomic E-state index is 12.3. The van der Waals surface area contributed by atoms with E-state index in [-0.39, 0.29) is 0 Å². The number of aromatic nitrogens is 1. The molecule has 0 aliphatic carbocycles. The Morgan fingerprint density at radius 1 is 1.07 bits per heavy atom. The number of likely N-dealkylation sites (tertiary alicyclic amines) is 1. The van der Waals surface area contributed by atoms with Crippen molar-refractivity contribution < 1.29 is 24.5 Å². The maximum absolute atomic E-state index is 12.3. The molecule has 3 N–H and O–H groups in total. The Morgan fingerprint density at radius 2 is 1.71 bits per heavy atom. The average molecular weight is 588 g/mol. The summed E-state index contributed by atoms with van der Waals surface area (Å²) in [6, 6.07) is 12.5. The fourth-order valence-electron chi connectivity index (χ4n) is 3.84. The van der Waals surface area contributed by atoms with Crippen LogP contribution in [-0.2, 0) is 9.59 Å². The Labute approximate surface area is 250 Å². The first kappa shape index (κ1) is 35.8. The van der Waals surface area contributed by atoms with Gasteiger partial charge < -0.3 is 25.2 Å². The number of nitrogens with one attached hydrogen (secondary N) is 1. The Hall–Kier alpha value is -3.20. The minimum Gasteiger partial charge on any atom is -0.481 e.